The molecule has 0 amide bonds. The molecule has 0 aromatic heterocycles. The van der Waals surface area contributed by atoms with Crippen LogP contribution >= 0.6 is 0 Å². The lowest BCUT2D eigenvalue weighted by molar-refractivity contribution is 0.0943. The predicted octanol–water partition coefficient (Wildman–Crippen LogP) is 7.70. The van der Waals surface area contributed by atoms with Crippen molar-refractivity contribution < 1.29 is 0 Å². The minimum absolute atomic E-state index is 0.607. The largest absolute Gasteiger partial charge is 0.103 e. The number of rotatable bonds is 11. The van der Waals surface area contributed by atoms with Crippen LogP contribution in [0.2, 0.25) is 0 Å². The summed E-state index contributed by atoms with van der Waals surface area (Å²) in [6, 6.07) is 0. The first kappa shape index (κ1) is 22.7. The molecule has 0 heterocycles. The van der Waals surface area contributed by atoms with Crippen LogP contribution in [-0.2, 0) is 0 Å². The second-order valence-corrected chi connectivity index (χ2v) is 8.87. The maximum absolute atomic E-state index is 3.99. The summed E-state index contributed by atoms with van der Waals surface area (Å²) in [7, 11) is 0. The van der Waals surface area contributed by atoms with Gasteiger partial charge in [-0.2, -0.15) is 0 Å². The fraction of sp³-hybridized carbons (Fsp3) is 0.913. The maximum atomic E-state index is 3.99. The summed E-state index contributed by atoms with van der Waals surface area (Å²) in [5.74, 6) is 6.85. The molecule has 0 aliphatic carbocycles. The van der Waals surface area contributed by atoms with Crippen LogP contribution in [0, 0.1) is 53.3 Å². The van der Waals surface area contributed by atoms with Gasteiger partial charge >= 0.3 is 0 Å². The van der Waals surface area contributed by atoms with E-state index >= 15 is 0 Å². The van der Waals surface area contributed by atoms with Gasteiger partial charge in [-0.25, -0.2) is 0 Å². The van der Waals surface area contributed by atoms with Crippen LogP contribution in [0.1, 0.15) is 82.1 Å². The first-order valence-corrected chi connectivity index (χ1v) is 10.2. The maximum Gasteiger partial charge on any atom is -0.0236 e. The van der Waals surface area contributed by atoms with Crippen LogP contribution in [0.3, 0.4) is 0 Å². The molecule has 0 heteroatoms. The lowest BCUT2D eigenvalue weighted by Gasteiger charge is -2.40. The highest BCUT2D eigenvalue weighted by molar-refractivity contribution is 4.86. The lowest BCUT2D eigenvalue weighted by atomic mass is 9.66. The van der Waals surface area contributed by atoms with Gasteiger partial charge in [0.1, 0.15) is 0 Å². The molecule has 0 radical (unpaired) electrons. The van der Waals surface area contributed by atoms with E-state index in [-0.39, 0.29) is 0 Å². The van der Waals surface area contributed by atoms with Crippen molar-refractivity contribution in [2.75, 3.05) is 0 Å². The fourth-order valence-electron chi connectivity index (χ4n) is 4.32. The van der Waals surface area contributed by atoms with E-state index in [0.717, 1.165) is 41.4 Å². The molecular formula is C23H46. The summed E-state index contributed by atoms with van der Waals surface area (Å²) < 4.78 is 0. The molecule has 9 unspecified atom stereocenters. The highest BCUT2D eigenvalue weighted by Gasteiger charge is 2.33. The normalized spacial score (nSPS) is 23.9. The Morgan fingerprint density at radius 3 is 1.30 bits per heavy atom. The van der Waals surface area contributed by atoms with Crippen molar-refractivity contribution in [3.8, 4) is 0 Å². The average molecular weight is 323 g/mol. The topological polar surface area (TPSA) is 0 Å². The Bertz CT molecular complexity index is 318. The van der Waals surface area contributed by atoms with Crippen LogP contribution in [0.4, 0.5) is 0 Å². The van der Waals surface area contributed by atoms with Crippen LogP contribution < -0.4 is 0 Å². The minimum atomic E-state index is 0.607. The van der Waals surface area contributed by atoms with Crippen molar-refractivity contribution in [2.24, 2.45) is 53.3 Å². The fourth-order valence-corrected chi connectivity index (χ4v) is 4.32. The van der Waals surface area contributed by atoms with Crippen molar-refractivity contribution in [2.45, 2.75) is 82.1 Å². The van der Waals surface area contributed by atoms with Gasteiger partial charge in [0.15, 0.2) is 0 Å². The Labute approximate surface area is 148 Å². The Balaban J connectivity index is 4.85. The van der Waals surface area contributed by atoms with Gasteiger partial charge in [-0.15, -0.1) is 6.58 Å². The van der Waals surface area contributed by atoms with Gasteiger partial charge in [0, 0.05) is 0 Å². The van der Waals surface area contributed by atoms with Crippen LogP contribution in [0.25, 0.3) is 0 Å². The molecule has 0 aromatic carbocycles. The molecule has 0 spiro atoms. The number of allylic oxidation sites excluding steroid dienone is 1. The van der Waals surface area contributed by atoms with Gasteiger partial charge in [-0.1, -0.05) is 88.2 Å². The molecule has 0 saturated heterocycles. The van der Waals surface area contributed by atoms with Gasteiger partial charge < -0.3 is 0 Å². The third-order valence-electron chi connectivity index (χ3n) is 7.82. The molecule has 0 bridgehead atoms. The van der Waals surface area contributed by atoms with E-state index < -0.39 is 0 Å². The van der Waals surface area contributed by atoms with Gasteiger partial charge in [0.25, 0.3) is 0 Å². The second-order valence-electron chi connectivity index (χ2n) is 8.87. The molecular weight excluding hydrogens is 276 g/mol. The van der Waals surface area contributed by atoms with Gasteiger partial charge in [0.05, 0.1) is 0 Å². The van der Waals surface area contributed by atoms with Gasteiger partial charge in [-0.05, 0) is 53.3 Å². The SMILES string of the molecule is C=CC(C)C(C)C(C)C(C)C(C)C(C)C(C)C(C)C(C)CCC. The Morgan fingerprint density at radius 1 is 0.609 bits per heavy atom. The van der Waals surface area contributed by atoms with E-state index in [1.807, 2.05) is 0 Å². The number of hydrogen-bond acceptors (Lipinski definition) is 0. The summed E-state index contributed by atoms with van der Waals surface area (Å²) in [5.41, 5.74) is 0. The zero-order valence-corrected chi connectivity index (χ0v) is 17.9. The predicted molar refractivity (Wildman–Crippen MR) is 108 cm³/mol. The molecule has 0 fully saturated rings. The molecule has 0 aliphatic rings. The minimum Gasteiger partial charge on any atom is -0.103 e. The Hall–Kier alpha value is -0.260. The molecule has 9 atom stereocenters. The smallest absolute Gasteiger partial charge is 0.0236 e. The van der Waals surface area contributed by atoms with Crippen LogP contribution in [-0.4, -0.2) is 0 Å². The summed E-state index contributed by atoms with van der Waals surface area (Å²) >= 11 is 0. The van der Waals surface area contributed by atoms with E-state index in [2.05, 4.69) is 81.9 Å². The summed E-state index contributed by atoms with van der Waals surface area (Å²) in [4.78, 5) is 0. The summed E-state index contributed by atoms with van der Waals surface area (Å²) in [6.45, 7) is 28.3. The molecule has 0 aliphatic heterocycles. The van der Waals surface area contributed by atoms with E-state index in [0.29, 0.717) is 11.8 Å². The standard InChI is InChI=1S/C23H46/c1-12-14-16(4)18(6)20(8)22(10)23(11)21(9)19(7)17(5)15(3)13-2/h13,15-23H,2,12,14H2,1,3-11H3. The molecule has 23 heavy (non-hydrogen) atoms. The molecule has 138 valence electrons. The molecule has 0 rings (SSSR count). The van der Waals surface area contributed by atoms with Crippen molar-refractivity contribution >= 4 is 0 Å². The monoisotopic (exact) mass is 322 g/mol. The van der Waals surface area contributed by atoms with Crippen molar-refractivity contribution in [3.05, 3.63) is 12.7 Å². The van der Waals surface area contributed by atoms with Gasteiger partial charge in [0.2, 0.25) is 0 Å². The first-order valence-electron chi connectivity index (χ1n) is 10.2. The van der Waals surface area contributed by atoms with E-state index in [9.17, 15) is 0 Å². The van der Waals surface area contributed by atoms with Crippen LogP contribution in [0.15, 0.2) is 12.7 Å². The van der Waals surface area contributed by atoms with E-state index in [1.165, 1.54) is 12.8 Å². The molecule has 0 N–H and O–H groups in total. The molecule has 0 saturated carbocycles. The van der Waals surface area contributed by atoms with E-state index in [1.54, 1.807) is 0 Å². The zero-order chi connectivity index (χ0) is 18.3. The van der Waals surface area contributed by atoms with Crippen molar-refractivity contribution in [3.63, 3.8) is 0 Å². The molecule has 0 aromatic rings. The summed E-state index contributed by atoms with van der Waals surface area (Å²) in [6.07, 6.45) is 4.80. The Morgan fingerprint density at radius 2 is 0.957 bits per heavy atom. The van der Waals surface area contributed by atoms with Crippen molar-refractivity contribution in [1.29, 1.82) is 0 Å². The summed E-state index contributed by atoms with van der Waals surface area (Å²) in [5, 5.41) is 0. The Kier molecular flexibility index (Phi) is 10.5. The van der Waals surface area contributed by atoms with Crippen molar-refractivity contribution in [1.82, 2.24) is 0 Å². The van der Waals surface area contributed by atoms with Gasteiger partial charge in [-0.3, -0.25) is 0 Å². The van der Waals surface area contributed by atoms with Crippen LogP contribution in [0.5, 0.6) is 0 Å². The van der Waals surface area contributed by atoms with E-state index in [4.69, 9.17) is 0 Å². The third kappa shape index (κ3) is 6.28. The average Bonchev–Trinajstić information content (AvgIpc) is 2.56. The lowest BCUT2D eigenvalue weighted by Crippen LogP contribution is -2.33. The number of hydrogen-bond donors (Lipinski definition) is 0. The highest BCUT2D eigenvalue weighted by Crippen LogP contribution is 2.40. The third-order valence-corrected chi connectivity index (χ3v) is 7.82. The molecule has 0 nitrogen and oxygen atoms in total. The quantitative estimate of drug-likeness (QED) is 0.342. The highest BCUT2D eigenvalue weighted by atomic mass is 14.4. The zero-order valence-electron chi connectivity index (χ0n) is 17.9. The first-order chi connectivity index (χ1) is 10.6. The second kappa shape index (κ2) is 10.6.